The van der Waals surface area contributed by atoms with E-state index >= 15 is 0 Å². The molecule has 2 rings (SSSR count). The predicted molar refractivity (Wildman–Crippen MR) is 74.7 cm³/mol. The molecule has 0 aliphatic heterocycles. The summed E-state index contributed by atoms with van der Waals surface area (Å²) in [6, 6.07) is 13.0. The third kappa shape index (κ3) is 3.31. The van der Waals surface area contributed by atoms with Gasteiger partial charge < -0.3 is 19.9 Å². The molecule has 0 saturated carbocycles. The Labute approximate surface area is 112 Å². The van der Waals surface area contributed by atoms with Gasteiger partial charge in [-0.2, -0.15) is 0 Å². The standard InChI is InChI=1S/C15H17NO3/c1-17-13-8-11(7-12(16)9-13)10-19-15-6-4-3-5-14(15)18-2/h3-9H,10,16H2,1-2H3. The van der Waals surface area contributed by atoms with Gasteiger partial charge in [0.1, 0.15) is 12.4 Å². The first-order chi connectivity index (χ1) is 9.22. The van der Waals surface area contributed by atoms with Crippen molar-refractivity contribution in [3.8, 4) is 17.2 Å². The van der Waals surface area contributed by atoms with E-state index in [0.717, 1.165) is 11.3 Å². The quantitative estimate of drug-likeness (QED) is 0.839. The Bertz CT molecular complexity index is 555. The minimum atomic E-state index is 0.405. The molecular formula is C15H17NO3. The van der Waals surface area contributed by atoms with E-state index in [9.17, 15) is 0 Å². The molecule has 0 amide bonds. The monoisotopic (exact) mass is 259 g/mol. The number of nitrogens with two attached hydrogens (primary N) is 1. The summed E-state index contributed by atoms with van der Waals surface area (Å²) in [6.07, 6.45) is 0. The van der Waals surface area contributed by atoms with Gasteiger partial charge in [0.15, 0.2) is 11.5 Å². The van der Waals surface area contributed by atoms with Crippen LogP contribution >= 0.6 is 0 Å². The second kappa shape index (κ2) is 6.00. The van der Waals surface area contributed by atoms with Gasteiger partial charge in [0.05, 0.1) is 14.2 Å². The highest BCUT2D eigenvalue weighted by Gasteiger charge is 2.04. The van der Waals surface area contributed by atoms with Gasteiger partial charge in [-0.1, -0.05) is 12.1 Å². The van der Waals surface area contributed by atoms with Crippen molar-refractivity contribution in [3.63, 3.8) is 0 Å². The summed E-state index contributed by atoms with van der Waals surface area (Å²) in [5.74, 6) is 2.13. The van der Waals surface area contributed by atoms with Gasteiger partial charge in [-0.25, -0.2) is 0 Å². The van der Waals surface area contributed by atoms with Crippen molar-refractivity contribution in [2.75, 3.05) is 20.0 Å². The molecule has 0 heterocycles. The number of benzene rings is 2. The number of nitrogen functional groups attached to an aromatic ring is 1. The van der Waals surface area contributed by atoms with Gasteiger partial charge in [0.25, 0.3) is 0 Å². The molecule has 2 aromatic rings. The van der Waals surface area contributed by atoms with Crippen LogP contribution in [-0.4, -0.2) is 14.2 Å². The number of ether oxygens (including phenoxy) is 3. The van der Waals surface area contributed by atoms with Gasteiger partial charge in [-0.05, 0) is 29.8 Å². The molecule has 2 aromatic carbocycles. The van der Waals surface area contributed by atoms with Crippen molar-refractivity contribution in [2.45, 2.75) is 6.61 Å². The topological polar surface area (TPSA) is 53.7 Å². The maximum Gasteiger partial charge on any atom is 0.161 e. The molecule has 0 spiro atoms. The Morgan fingerprint density at radius 2 is 1.68 bits per heavy atom. The first-order valence-electron chi connectivity index (χ1n) is 5.92. The normalized spacial score (nSPS) is 10.0. The minimum absolute atomic E-state index is 0.405. The van der Waals surface area contributed by atoms with E-state index < -0.39 is 0 Å². The van der Waals surface area contributed by atoms with Crippen LogP contribution in [0.5, 0.6) is 17.2 Å². The van der Waals surface area contributed by atoms with E-state index in [1.165, 1.54) is 0 Å². The number of rotatable bonds is 5. The lowest BCUT2D eigenvalue weighted by molar-refractivity contribution is 0.284. The largest absolute Gasteiger partial charge is 0.497 e. The second-order valence-corrected chi connectivity index (χ2v) is 4.05. The smallest absolute Gasteiger partial charge is 0.161 e. The van der Waals surface area contributed by atoms with Gasteiger partial charge in [0, 0.05) is 11.8 Å². The zero-order valence-corrected chi connectivity index (χ0v) is 11.1. The van der Waals surface area contributed by atoms with Crippen LogP contribution in [0.25, 0.3) is 0 Å². The SMILES string of the molecule is COc1cc(N)cc(COc2ccccc2OC)c1. The fraction of sp³-hybridized carbons (Fsp3) is 0.200. The molecule has 0 saturated heterocycles. The van der Waals surface area contributed by atoms with Crippen LogP contribution in [-0.2, 0) is 6.61 Å². The Kier molecular flexibility index (Phi) is 4.13. The summed E-state index contributed by atoms with van der Waals surface area (Å²) >= 11 is 0. The molecule has 0 atom stereocenters. The molecule has 0 aliphatic carbocycles. The van der Waals surface area contributed by atoms with E-state index in [-0.39, 0.29) is 0 Å². The number of methoxy groups -OCH3 is 2. The van der Waals surface area contributed by atoms with E-state index in [1.807, 2.05) is 36.4 Å². The maximum atomic E-state index is 5.80. The number of anilines is 1. The van der Waals surface area contributed by atoms with E-state index in [2.05, 4.69) is 0 Å². The van der Waals surface area contributed by atoms with Crippen LogP contribution in [0.4, 0.5) is 5.69 Å². The molecule has 0 fully saturated rings. The molecule has 0 bridgehead atoms. The molecule has 4 nitrogen and oxygen atoms in total. The van der Waals surface area contributed by atoms with Crippen LogP contribution in [0, 0.1) is 0 Å². The third-order valence-electron chi connectivity index (χ3n) is 2.69. The molecule has 2 N–H and O–H groups in total. The third-order valence-corrected chi connectivity index (χ3v) is 2.69. The predicted octanol–water partition coefficient (Wildman–Crippen LogP) is 2.87. The van der Waals surface area contributed by atoms with Gasteiger partial charge in [-0.15, -0.1) is 0 Å². The van der Waals surface area contributed by atoms with Crippen LogP contribution in [0.1, 0.15) is 5.56 Å². The molecule has 0 aliphatic rings. The summed E-state index contributed by atoms with van der Waals surface area (Å²) in [5.41, 5.74) is 7.40. The summed E-state index contributed by atoms with van der Waals surface area (Å²) in [4.78, 5) is 0. The summed E-state index contributed by atoms with van der Waals surface area (Å²) in [6.45, 7) is 0.405. The van der Waals surface area contributed by atoms with Crippen LogP contribution < -0.4 is 19.9 Å². The average Bonchev–Trinajstić information content (AvgIpc) is 2.44. The van der Waals surface area contributed by atoms with Crippen molar-refractivity contribution in [1.82, 2.24) is 0 Å². The second-order valence-electron chi connectivity index (χ2n) is 4.05. The molecular weight excluding hydrogens is 242 g/mol. The zero-order chi connectivity index (χ0) is 13.7. The fourth-order valence-corrected chi connectivity index (χ4v) is 1.79. The summed E-state index contributed by atoms with van der Waals surface area (Å²) in [5, 5.41) is 0. The summed E-state index contributed by atoms with van der Waals surface area (Å²) < 4.78 is 16.1. The fourth-order valence-electron chi connectivity index (χ4n) is 1.79. The molecule has 100 valence electrons. The average molecular weight is 259 g/mol. The van der Waals surface area contributed by atoms with Gasteiger partial charge in [0.2, 0.25) is 0 Å². The van der Waals surface area contributed by atoms with Crippen LogP contribution in [0.3, 0.4) is 0 Å². The molecule has 0 radical (unpaired) electrons. The van der Waals surface area contributed by atoms with E-state index in [0.29, 0.717) is 23.8 Å². The summed E-state index contributed by atoms with van der Waals surface area (Å²) in [7, 11) is 3.23. The number of hydrogen-bond acceptors (Lipinski definition) is 4. The molecule has 0 aromatic heterocycles. The van der Waals surface area contributed by atoms with Gasteiger partial charge in [-0.3, -0.25) is 0 Å². The zero-order valence-electron chi connectivity index (χ0n) is 11.1. The van der Waals surface area contributed by atoms with E-state index in [4.69, 9.17) is 19.9 Å². The maximum absolute atomic E-state index is 5.80. The van der Waals surface area contributed by atoms with Crippen molar-refractivity contribution >= 4 is 5.69 Å². The van der Waals surface area contributed by atoms with Crippen molar-refractivity contribution in [2.24, 2.45) is 0 Å². The van der Waals surface area contributed by atoms with Crippen LogP contribution in [0.2, 0.25) is 0 Å². The Morgan fingerprint density at radius 1 is 0.947 bits per heavy atom. The highest BCUT2D eigenvalue weighted by molar-refractivity contribution is 5.47. The Hall–Kier alpha value is -2.36. The lowest BCUT2D eigenvalue weighted by Gasteiger charge is -2.11. The first-order valence-corrected chi connectivity index (χ1v) is 5.92. The first kappa shape index (κ1) is 13.1. The highest BCUT2D eigenvalue weighted by atomic mass is 16.5. The minimum Gasteiger partial charge on any atom is -0.497 e. The van der Waals surface area contributed by atoms with Crippen molar-refractivity contribution in [1.29, 1.82) is 0 Å². The van der Waals surface area contributed by atoms with Crippen molar-refractivity contribution < 1.29 is 14.2 Å². The Balaban J connectivity index is 2.12. The highest BCUT2D eigenvalue weighted by Crippen LogP contribution is 2.27. The number of hydrogen-bond donors (Lipinski definition) is 1. The molecule has 4 heteroatoms. The van der Waals surface area contributed by atoms with Gasteiger partial charge >= 0.3 is 0 Å². The lowest BCUT2D eigenvalue weighted by atomic mass is 10.2. The number of para-hydroxylation sites is 2. The van der Waals surface area contributed by atoms with E-state index in [1.54, 1.807) is 20.3 Å². The van der Waals surface area contributed by atoms with Crippen molar-refractivity contribution in [3.05, 3.63) is 48.0 Å². The Morgan fingerprint density at radius 3 is 2.37 bits per heavy atom. The molecule has 0 unspecified atom stereocenters. The lowest BCUT2D eigenvalue weighted by Crippen LogP contribution is -1.99. The van der Waals surface area contributed by atoms with Crippen LogP contribution in [0.15, 0.2) is 42.5 Å². The molecule has 19 heavy (non-hydrogen) atoms.